The van der Waals surface area contributed by atoms with Crippen LogP contribution in [0.15, 0.2) is 48.7 Å². The third-order valence-corrected chi connectivity index (χ3v) is 6.55. The lowest BCUT2D eigenvalue weighted by Crippen LogP contribution is -2.35. The van der Waals surface area contributed by atoms with E-state index in [1.807, 2.05) is 0 Å². The lowest BCUT2D eigenvalue weighted by molar-refractivity contribution is 0.0850. The number of aliphatic hydroxyl groups is 1. The number of hydrogen-bond donors (Lipinski definition) is 3. The smallest absolute Gasteiger partial charge is 0.270 e. The van der Waals surface area contributed by atoms with E-state index in [1.165, 1.54) is 25.1 Å². The van der Waals surface area contributed by atoms with Gasteiger partial charge in [-0.25, -0.2) is 18.3 Å². The van der Waals surface area contributed by atoms with Crippen LogP contribution in [0, 0.1) is 18.6 Å². The van der Waals surface area contributed by atoms with E-state index < -0.39 is 29.8 Å². The second kappa shape index (κ2) is 9.75. The number of ketones is 1. The molecule has 38 heavy (non-hydrogen) atoms. The molecular formula is C27H23F2N5O4. The summed E-state index contributed by atoms with van der Waals surface area (Å²) in [6.07, 6.45) is 0.162. The van der Waals surface area contributed by atoms with Crippen LogP contribution in [0.2, 0.25) is 0 Å². The van der Waals surface area contributed by atoms with Crippen LogP contribution in [0.25, 0.3) is 5.65 Å². The summed E-state index contributed by atoms with van der Waals surface area (Å²) in [7, 11) is 0. The summed E-state index contributed by atoms with van der Waals surface area (Å²) >= 11 is 0. The van der Waals surface area contributed by atoms with E-state index in [1.54, 1.807) is 31.2 Å². The minimum Gasteiger partial charge on any atom is -0.390 e. The Kier molecular flexibility index (Phi) is 6.45. The molecule has 2 aromatic carbocycles. The van der Waals surface area contributed by atoms with E-state index in [2.05, 4.69) is 20.7 Å². The Morgan fingerprint density at radius 3 is 2.61 bits per heavy atom. The molecule has 0 bridgehead atoms. The van der Waals surface area contributed by atoms with Gasteiger partial charge in [-0.05, 0) is 48.2 Å². The van der Waals surface area contributed by atoms with Gasteiger partial charge in [0.1, 0.15) is 17.2 Å². The molecule has 0 saturated carbocycles. The summed E-state index contributed by atoms with van der Waals surface area (Å²) in [5.74, 6) is -2.70. The number of nitrogens with zero attached hydrogens (tertiary/aromatic N) is 3. The van der Waals surface area contributed by atoms with Gasteiger partial charge in [-0.15, -0.1) is 0 Å². The molecule has 9 nitrogen and oxygen atoms in total. The van der Waals surface area contributed by atoms with Crippen molar-refractivity contribution in [3.05, 3.63) is 99.5 Å². The van der Waals surface area contributed by atoms with Gasteiger partial charge in [-0.1, -0.05) is 24.3 Å². The van der Waals surface area contributed by atoms with E-state index >= 15 is 0 Å². The maximum atomic E-state index is 14.4. The molecule has 0 spiro atoms. The molecule has 0 radical (unpaired) electrons. The van der Waals surface area contributed by atoms with E-state index in [0.717, 1.165) is 16.3 Å². The zero-order valence-electron chi connectivity index (χ0n) is 20.5. The Hall–Kier alpha value is -4.51. The molecule has 0 saturated heterocycles. The highest BCUT2D eigenvalue weighted by Gasteiger charge is 2.33. The third-order valence-electron chi connectivity index (χ3n) is 6.55. The van der Waals surface area contributed by atoms with Crippen molar-refractivity contribution >= 4 is 23.2 Å². The predicted octanol–water partition coefficient (Wildman–Crippen LogP) is 2.84. The number of rotatable bonds is 6. The van der Waals surface area contributed by atoms with Crippen molar-refractivity contribution in [3.8, 4) is 0 Å². The first kappa shape index (κ1) is 25.2. The third kappa shape index (κ3) is 4.63. The number of amides is 2. The first-order valence-corrected chi connectivity index (χ1v) is 11.8. The van der Waals surface area contributed by atoms with E-state index in [0.29, 0.717) is 22.3 Å². The van der Waals surface area contributed by atoms with Crippen molar-refractivity contribution in [2.45, 2.75) is 39.0 Å². The molecule has 4 aromatic rings. The first-order valence-electron chi connectivity index (χ1n) is 11.8. The quantitative estimate of drug-likeness (QED) is 0.337. The molecule has 0 unspecified atom stereocenters. The summed E-state index contributed by atoms with van der Waals surface area (Å²) in [6, 6.07) is 9.79. The van der Waals surface area contributed by atoms with Crippen LogP contribution in [0.3, 0.4) is 0 Å². The van der Waals surface area contributed by atoms with Crippen molar-refractivity contribution < 1.29 is 28.3 Å². The van der Waals surface area contributed by atoms with Gasteiger partial charge in [-0.2, -0.15) is 5.10 Å². The second-order valence-electron chi connectivity index (χ2n) is 9.21. The Balaban J connectivity index is 1.41. The van der Waals surface area contributed by atoms with Gasteiger partial charge in [0.25, 0.3) is 11.8 Å². The molecule has 1 aliphatic rings. The van der Waals surface area contributed by atoms with Crippen molar-refractivity contribution in [1.82, 2.24) is 25.2 Å². The number of fused-ring (bicyclic) bond motifs is 2. The average Bonchev–Trinajstić information content (AvgIpc) is 3.42. The topological polar surface area (TPSA) is 126 Å². The Bertz CT molecular complexity index is 1620. The molecule has 5 rings (SSSR count). The fourth-order valence-electron chi connectivity index (χ4n) is 4.55. The largest absolute Gasteiger partial charge is 0.390 e. The van der Waals surface area contributed by atoms with Gasteiger partial charge in [-0.3, -0.25) is 14.4 Å². The number of aromatic nitrogens is 3. The van der Waals surface area contributed by atoms with Gasteiger partial charge in [0.2, 0.25) is 0 Å². The normalized spacial score (nSPS) is 16.3. The van der Waals surface area contributed by atoms with Gasteiger partial charge in [0, 0.05) is 24.6 Å². The summed E-state index contributed by atoms with van der Waals surface area (Å²) in [4.78, 5) is 41.9. The maximum absolute atomic E-state index is 14.4. The second-order valence-corrected chi connectivity index (χ2v) is 9.21. The van der Waals surface area contributed by atoms with Crippen LogP contribution in [0.1, 0.15) is 66.6 Å². The molecule has 2 atom stereocenters. The van der Waals surface area contributed by atoms with Crippen molar-refractivity contribution in [2.75, 3.05) is 0 Å². The number of halogens is 2. The average molecular weight is 520 g/mol. The highest BCUT2D eigenvalue weighted by molar-refractivity contribution is 5.98. The maximum Gasteiger partial charge on any atom is 0.270 e. The Labute approximate surface area is 215 Å². The number of benzene rings is 2. The van der Waals surface area contributed by atoms with Crippen LogP contribution in [0.5, 0.6) is 0 Å². The predicted molar refractivity (Wildman–Crippen MR) is 132 cm³/mol. The van der Waals surface area contributed by atoms with Gasteiger partial charge in [0.15, 0.2) is 17.2 Å². The fraction of sp³-hybridized carbons (Fsp3) is 0.222. The molecule has 1 aliphatic carbocycles. The lowest BCUT2D eigenvalue weighted by Gasteiger charge is -2.18. The number of carbonyl (C=O) groups excluding carboxylic acids is 3. The number of aliphatic hydroxyl groups excluding tert-OH is 1. The van der Waals surface area contributed by atoms with Gasteiger partial charge >= 0.3 is 0 Å². The SMILES string of the molecule is CC(=O)c1ccc2c(c1)C[C@@H](O)[C@@H]2NC(=O)c1cc(C(=O)NCc2ccc(F)c(C)c2)nc2c(F)cnn12. The number of aryl methyl sites for hydroxylation is 1. The standard InChI is InChI=1S/C27H23F2N5O4/c1-13-7-15(3-6-19(13)28)11-30-26(37)21-10-22(34-25(32-21)20(29)12-31-34)27(38)33-24-18-5-4-16(14(2)35)8-17(18)9-23(24)36/h3-8,10,12,23-24,36H,9,11H2,1-2H3,(H,30,37)(H,33,38)/t23-,24-/m1/s1. The van der Waals surface area contributed by atoms with Crippen molar-refractivity contribution in [2.24, 2.45) is 0 Å². The molecule has 11 heteroatoms. The van der Waals surface area contributed by atoms with Crippen LogP contribution < -0.4 is 10.6 Å². The first-order chi connectivity index (χ1) is 18.1. The van der Waals surface area contributed by atoms with Crippen LogP contribution in [-0.2, 0) is 13.0 Å². The monoisotopic (exact) mass is 519 g/mol. The summed E-state index contributed by atoms with van der Waals surface area (Å²) < 4.78 is 28.9. The fourth-order valence-corrected chi connectivity index (χ4v) is 4.55. The number of nitrogens with one attached hydrogen (secondary N) is 2. The molecule has 3 N–H and O–H groups in total. The van der Waals surface area contributed by atoms with Crippen molar-refractivity contribution in [1.29, 1.82) is 0 Å². The van der Waals surface area contributed by atoms with Crippen LogP contribution in [0.4, 0.5) is 8.78 Å². The van der Waals surface area contributed by atoms with E-state index in [4.69, 9.17) is 0 Å². The van der Waals surface area contributed by atoms with E-state index in [-0.39, 0.29) is 41.6 Å². The highest BCUT2D eigenvalue weighted by atomic mass is 19.1. The zero-order valence-corrected chi connectivity index (χ0v) is 20.5. The number of Topliss-reactive ketones (excluding diaryl/α,β-unsaturated/α-hetero) is 1. The number of carbonyl (C=O) groups is 3. The molecule has 2 heterocycles. The lowest BCUT2D eigenvalue weighted by atomic mass is 10.0. The minimum absolute atomic E-state index is 0.0589. The zero-order chi connectivity index (χ0) is 27.1. The molecule has 0 aliphatic heterocycles. The molecular weight excluding hydrogens is 496 g/mol. The molecule has 194 valence electrons. The van der Waals surface area contributed by atoms with Crippen molar-refractivity contribution in [3.63, 3.8) is 0 Å². The van der Waals surface area contributed by atoms with Crippen LogP contribution >= 0.6 is 0 Å². The van der Waals surface area contributed by atoms with Crippen LogP contribution in [-0.4, -0.2) is 43.4 Å². The Morgan fingerprint density at radius 1 is 1.08 bits per heavy atom. The van der Waals surface area contributed by atoms with E-state index in [9.17, 15) is 28.3 Å². The molecule has 0 fully saturated rings. The molecule has 2 aromatic heterocycles. The van der Waals surface area contributed by atoms with Gasteiger partial charge < -0.3 is 15.7 Å². The summed E-state index contributed by atoms with van der Waals surface area (Å²) in [5.41, 5.74) is 2.24. The molecule has 2 amide bonds. The summed E-state index contributed by atoms with van der Waals surface area (Å²) in [6.45, 7) is 3.10. The highest BCUT2D eigenvalue weighted by Crippen LogP contribution is 2.32. The van der Waals surface area contributed by atoms with Gasteiger partial charge in [0.05, 0.1) is 18.3 Å². The minimum atomic E-state index is -0.954. The Morgan fingerprint density at radius 2 is 1.87 bits per heavy atom. The number of hydrogen-bond acceptors (Lipinski definition) is 6. The summed E-state index contributed by atoms with van der Waals surface area (Å²) in [5, 5.41) is 19.9.